The molecule has 0 saturated heterocycles. The number of aromatic hydroxyl groups is 1. The van der Waals surface area contributed by atoms with Gasteiger partial charge in [0.05, 0.1) is 6.10 Å². The minimum absolute atomic E-state index is 0.0256. The van der Waals surface area contributed by atoms with Gasteiger partial charge < -0.3 is 10.2 Å². The maximum atomic E-state index is 10.0. The number of hydrogen-bond acceptors (Lipinski definition) is 3. The Balaban J connectivity index is 2.69. The van der Waals surface area contributed by atoms with Crippen LogP contribution in [0.2, 0.25) is 0 Å². The van der Waals surface area contributed by atoms with Crippen molar-refractivity contribution in [1.29, 1.82) is 0 Å². The van der Waals surface area contributed by atoms with Crippen LogP contribution in [0.4, 0.5) is 0 Å². The molecule has 0 bridgehead atoms. The highest BCUT2D eigenvalue weighted by molar-refractivity contribution is 5.28. The lowest BCUT2D eigenvalue weighted by atomic mass is 10.0. The third-order valence-corrected chi connectivity index (χ3v) is 2.85. The molecule has 1 atom stereocenters. The van der Waals surface area contributed by atoms with Crippen molar-refractivity contribution in [2.24, 2.45) is 0 Å². The highest BCUT2D eigenvalue weighted by Crippen LogP contribution is 2.21. The lowest BCUT2D eigenvalue weighted by Gasteiger charge is -2.33. The van der Waals surface area contributed by atoms with E-state index in [9.17, 15) is 10.2 Å². The van der Waals surface area contributed by atoms with E-state index in [1.165, 1.54) is 0 Å². The number of aliphatic hydroxyl groups excluding tert-OH is 1. The molecule has 2 N–H and O–H groups in total. The molecule has 0 radical (unpaired) electrons. The largest absolute Gasteiger partial charge is 0.508 e. The third-order valence-electron chi connectivity index (χ3n) is 2.85. The van der Waals surface area contributed by atoms with Crippen LogP contribution in [0.1, 0.15) is 32.4 Å². The van der Waals surface area contributed by atoms with Crippen LogP contribution in [-0.2, 0) is 0 Å². The van der Waals surface area contributed by atoms with E-state index < -0.39 is 6.10 Å². The molecule has 0 aliphatic heterocycles. The molecule has 0 spiro atoms. The zero-order chi connectivity index (χ0) is 12.3. The van der Waals surface area contributed by atoms with Crippen LogP contribution in [0.15, 0.2) is 24.3 Å². The Morgan fingerprint density at radius 3 is 2.44 bits per heavy atom. The number of nitrogens with zero attached hydrogens (tertiary/aromatic N) is 1. The molecule has 0 aliphatic carbocycles. The second-order valence-electron chi connectivity index (χ2n) is 5.16. The minimum Gasteiger partial charge on any atom is -0.508 e. The summed E-state index contributed by atoms with van der Waals surface area (Å²) in [7, 11) is 1.98. The number of phenolic OH excluding ortho intramolecular Hbond substituents is 1. The standard InChI is InChI=1S/C13H21NO2/c1-13(2,3)14(4)9-12(16)10-6-5-7-11(15)8-10/h5-8,12,15-16H,9H2,1-4H3/t12-/m0/s1. The smallest absolute Gasteiger partial charge is 0.115 e. The van der Waals surface area contributed by atoms with Gasteiger partial charge >= 0.3 is 0 Å². The Labute approximate surface area is 97.3 Å². The highest BCUT2D eigenvalue weighted by Gasteiger charge is 2.20. The predicted octanol–water partition coefficient (Wildman–Crippen LogP) is 2.16. The number of benzene rings is 1. The Bertz CT molecular complexity index is 344. The number of aliphatic hydroxyl groups is 1. The van der Waals surface area contributed by atoms with E-state index in [1.807, 2.05) is 13.1 Å². The molecule has 3 heteroatoms. The molecule has 3 nitrogen and oxygen atoms in total. The fourth-order valence-electron chi connectivity index (χ4n) is 1.37. The van der Waals surface area contributed by atoms with Crippen molar-refractivity contribution < 1.29 is 10.2 Å². The van der Waals surface area contributed by atoms with Gasteiger partial charge in [0.1, 0.15) is 5.75 Å². The van der Waals surface area contributed by atoms with Crippen molar-refractivity contribution in [3.63, 3.8) is 0 Å². The van der Waals surface area contributed by atoms with Crippen LogP contribution >= 0.6 is 0 Å². The molecule has 1 rings (SSSR count). The zero-order valence-corrected chi connectivity index (χ0v) is 10.4. The van der Waals surface area contributed by atoms with Crippen molar-refractivity contribution in [3.05, 3.63) is 29.8 Å². The molecule has 16 heavy (non-hydrogen) atoms. The van der Waals surface area contributed by atoms with Gasteiger partial charge in [0.25, 0.3) is 0 Å². The highest BCUT2D eigenvalue weighted by atomic mass is 16.3. The monoisotopic (exact) mass is 223 g/mol. The van der Waals surface area contributed by atoms with Crippen molar-refractivity contribution in [1.82, 2.24) is 4.90 Å². The van der Waals surface area contributed by atoms with E-state index in [1.54, 1.807) is 18.2 Å². The number of β-amino-alcohol motifs (C(OH)–C–C–N with tert-alkyl or cyclic N) is 1. The molecule has 0 amide bonds. The normalized spacial score (nSPS) is 14.1. The van der Waals surface area contributed by atoms with E-state index >= 15 is 0 Å². The second kappa shape index (κ2) is 4.85. The maximum absolute atomic E-state index is 10.0. The van der Waals surface area contributed by atoms with Crippen LogP contribution < -0.4 is 0 Å². The van der Waals surface area contributed by atoms with Crippen molar-refractivity contribution >= 4 is 0 Å². The molecule has 0 saturated carbocycles. The third kappa shape index (κ3) is 3.51. The van der Waals surface area contributed by atoms with Gasteiger partial charge in [-0.3, -0.25) is 4.90 Å². The van der Waals surface area contributed by atoms with E-state index in [2.05, 4.69) is 25.7 Å². The summed E-state index contributed by atoms with van der Waals surface area (Å²) in [4.78, 5) is 2.09. The van der Waals surface area contributed by atoms with Gasteiger partial charge in [-0.25, -0.2) is 0 Å². The Hall–Kier alpha value is -1.06. The van der Waals surface area contributed by atoms with Gasteiger partial charge in [-0.2, -0.15) is 0 Å². The van der Waals surface area contributed by atoms with E-state index in [4.69, 9.17) is 0 Å². The van der Waals surface area contributed by atoms with Crippen molar-refractivity contribution in [3.8, 4) is 5.75 Å². The first-order chi connectivity index (χ1) is 7.30. The van der Waals surface area contributed by atoms with E-state index in [-0.39, 0.29) is 11.3 Å². The van der Waals surface area contributed by atoms with Gasteiger partial charge in [-0.1, -0.05) is 12.1 Å². The van der Waals surface area contributed by atoms with Crippen LogP contribution in [0, 0.1) is 0 Å². The average molecular weight is 223 g/mol. The lowest BCUT2D eigenvalue weighted by Crippen LogP contribution is -2.40. The quantitative estimate of drug-likeness (QED) is 0.825. The average Bonchev–Trinajstić information content (AvgIpc) is 2.16. The SMILES string of the molecule is CN(C[C@H](O)c1cccc(O)c1)C(C)(C)C. The van der Waals surface area contributed by atoms with Crippen LogP contribution in [-0.4, -0.2) is 34.2 Å². The maximum Gasteiger partial charge on any atom is 0.115 e. The second-order valence-corrected chi connectivity index (χ2v) is 5.16. The summed E-state index contributed by atoms with van der Waals surface area (Å²) >= 11 is 0. The fraction of sp³-hybridized carbons (Fsp3) is 0.538. The minimum atomic E-state index is -0.573. The van der Waals surface area contributed by atoms with Gasteiger partial charge in [-0.05, 0) is 45.5 Å². The lowest BCUT2D eigenvalue weighted by molar-refractivity contribution is 0.0788. The van der Waals surface area contributed by atoms with Gasteiger partial charge in [0, 0.05) is 12.1 Å². The molecular weight excluding hydrogens is 202 g/mol. The van der Waals surface area contributed by atoms with Gasteiger partial charge in [0.2, 0.25) is 0 Å². The van der Waals surface area contributed by atoms with Gasteiger partial charge in [-0.15, -0.1) is 0 Å². The van der Waals surface area contributed by atoms with Crippen molar-refractivity contribution in [2.75, 3.05) is 13.6 Å². The van der Waals surface area contributed by atoms with E-state index in [0.29, 0.717) is 6.54 Å². The Morgan fingerprint density at radius 1 is 1.31 bits per heavy atom. The van der Waals surface area contributed by atoms with E-state index in [0.717, 1.165) is 5.56 Å². The summed E-state index contributed by atoms with van der Waals surface area (Å²) in [6, 6.07) is 6.76. The fourth-order valence-corrected chi connectivity index (χ4v) is 1.37. The number of likely N-dealkylation sites (N-methyl/N-ethyl adjacent to an activating group) is 1. The van der Waals surface area contributed by atoms with Crippen LogP contribution in [0.5, 0.6) is 5.75 Å². The molecular formula is C13H21NO2. The molecule has 1 aromatic carbocycles. The summed E-state index contributed by atoms with van der Waals surface area (Å²) in [5.41, 5.74) is 0.772. The Kier molecular flexibility index (Phi) is 3.94. The molecule has 0 fully saturated rings. The number of phenols is 1. The first-order valence-electron chi connectivity index (χ1n) is 5.49. The first-order valence-corrected chi connectivity index (χ1v) is 5.49. The van der Waals surface area contributed by atoms with Gasteiger partial charge in [0.15, 0.2) is 0 Å². The number of hydrogen-bond donors (Lipinski definition) is 2. The van der Waals surface area contributed by atoms with Crippen LogP contribution in [0.3, 0.4) is 0 Å². The summed E-state index contributed by atoms with van der Waals surface area (Å²) < 4.78 is 0. The zero-order valence-electron chi connectivity index (χ0n) is 10.4. The topological polar surface area (TPSA) is 43.7 Å². The molecule has 1 aromatic rings. The predicted molar refractivity (Wildman–Crippen MR) is 65.4 cm³/mol. The summed E-state index contributed by atoms with van der Waals surface area (Å²) in [5, 5.41) is 19.4. The molecule has 0 aromatic heterocycles. The summed E-state index contributed by atoms with van der Waals surface area (Å²) in [6.07, 6.45) is -0.573. The van der Waals surface area contributed by atoms with Crippen molar-refractivity contribution in [2.45, 2.75) is 32.4 Å². The molecule has 0 heterocycles. The van der Waals surface area contributed by atoms with Crippen LogP contribution in [0.25, 0.3) is 0 Å². The molecule has 90 valence electrons. The molecule has 0 aliphatic rings. The number of rotatable bonds is 3. The summed E-state index contributed by atoms with van der Waals surface area (Å²) in [5.74, 6) is 0.190. The first kappa shape index (κ1) is 13.0. The summed E-state index contributed by atoms with van der Waals surface area (Å²) in [6.45, 7) is 6.85. The Morgan fingerprint density at radius 2 is 1.94 bits per heavy atom. The molecule has 0 unspecified atom stereocenters.